The van der Waals surface area contributed by atoms with Crippen molar-refractivity contribution in [2.24, 2.45) is 10.7 Å². The Bertz CT molecular complexity index is 1460. The fraction of sp³-hybridized carbons (Fsp3) is 0.543. The van der Waals surface area contributed by atoms with E-state index in [9.17, 15) is 24.0 Å². The second kappa shape index (κ2) is 19.2. The molecule has 3 fully saturated rings. The van der Waals surface area contributed by atoms with E-state index in [0.29, 0.717) is 43.9 Å². The lowest BCUT2D eigenvalue weighted by Gasteiger charge is -2.37. The summed E-state index contributed by atoms with van der Waals surface area (Å²) in [5.41, 5.74) is 6.56. The molecule has 3 saturated heterocycles. The van der Waals surface area contributed by atoms with Crippen molar-refractivity contribution in [1.29, 1.82) is 0 Å². The number of hydrogen-bond acceptors (Lipinski definition) is 8. The van der Waals surface area contributed by atoms with Crippen LogP contribution in [-0.2, 0) is 19.1 Å². The molecule has 7 amide bonds. The first-order valence-electron chi connectivity index (χ1n) is 16.4. The molecule has 0 aromatic carbocycles. The number of allylic oxidation sites excluding steroid dienone is 1. The van der Waals surface area contributed by atoms with Gasteiger partial charge in [-0.05, 0) is 45.6 Å². The van der Waals surface area contributed by atoms with Crippen LogP contribution in [0.1, 0.15) is 74.7 Å². The van der Waals surface area contributed by atoms with Crippen LogP contribution in [0, 0.1) is 11.8 Å². The average Bonchev–Trinajstić information content (AvgIpc) is 3.50. The minimum absolute atomic E-state index is 0.0950. The SMILES string of the molecule is C=C(N)/C(C#CC1(C)NC(=O)NC1=O)=C\N=C(C)N1CCC2(CC1)NC(=O)NC2=O.CC.CC.COC1C=CC(CN(C)C(C)=O)=C(C)C1. The first-order valence-corrected chi connectivity index (χ1v) is 16.4. The maximum Gasteiger partial charge on any atom is 0.323 e. The van der Waals surface area contributed by atoms with E-state index in [1.807, 2.05) is 39.6 Å². The normalized spacial score (nSPS) is 22.4. The first-order chi connectivity index (χ1) is 23.1. The van der Waals surface area contributed by atoms with Crippen molar-refractivity contribution in [1.82, 2.24) is 31.1 Å². The molecular formula is C35H54N8O6. The number of nitrogens with one attached hydrogen (secondary N) is 4. The molecule has 2 atom stereocenters. The van der Waals surface area contributed by atoms with Gasteiger partial charge in [-0.25, -0.2) is 14.6 Å². The summed E-state index contributed by atoms with van der Waals surface area (Å²) in [4.78, 5) is 65.8. The standard InChI is InChI=1S/C19H23N7O4.C12H19NO2.2C2H6/c1-11(20)13(4-5-18(3)14(27)22-16(29)24-18)10-21-12(2)26-8-6-19(7-9-26)15(28)23-17(30)25-19;1-9-7-12(15-4)6-5-11(9)8-13(3)10(2)14;2*1-2/h10H,1,6-9,20H2,2-3H3,(H2,22,24,27,29)(H2,23,25,28,30);5-6,12H,7-8H2,1-4H3;2*1-2H3/b13-10-,21-12?;;;. The van der Waals surface area contributed by atoms with Crippen LogP contribution in [0.3, 0.4) is 0 Å². The molecule has 3 aliphatic heterocycles. The number of carbonyl (C=O) groups excluding carboxylic acids is 5. The number of amidine groups is 1. The molecule has 4 rings (SSSR count). The van der Waals surface area contributed by atoms with Crippen LogP contribution >= 0.6 is 0 Å². The van der Waals surface area contributed by atoms with Crippen LogP contribution < -0.4 is 27.0 Å². The molecule has 49 heavy (non-hydrogen) atoms. The highest BCUT2D eigenvalue weighted by molar-refractivity contribution is 6.09. The second-order valence-corrected chi connectivity index (χ2v) is 11.5. The van der Waals surface area contributed by atoms with Gasteiger partial charge in [-0.3, -0.25) is 25.0 Å². The number of nitrogens with zero attached hydrogens (tertiary/aromatic N) is 3. The molecule has 3 heterocycles. The molecule has 0 radical (unpaired) electrons. The summed E-state index contributed by atoms with van der Waals surface area (Å²) in [5.74, 6) is 5.36. The first kappa shape index (κ1) is 42.1. The van der Waals surface area contributed by atoms with E-state index in [4.69, 9.17) is 10.5 Å². The van der Waals surface area contributed by atoms with E-state index >= 15 is 0 Å². The van der Waals surface area contributed by atoms with Gasteiger partial charge in [-0.15, -0.1) is 0 Å². The van der Waals surface area contributed by atoms with E-state index in [2.05, 4.69) is 63.8 Å². The van der Waals surface area contributed by atoms with Crippen molar-refractivity contribution < 1.29 is 28.7 Å². The van der Waals surface area contributed by atoms with Crippen molar-refractivity contribution in [3.05, 3.63) is 47.3 Å². The molecule has 270 valence electrons. The van der Waals surface area contributed by atoms with Crippen LogP contribution in [0.25, 0.3) is 0 Å². The third-order valence-electron chi connectivity index (χ3n) is 8.12. The van der Waals surface area contributed by atoms with Gasteiger partial charge in [0.2, 0.25) is 5.91 Å². The monoisotopic (exact) mass is 682 g/mol. The Morgan fingerprint density at radius 2 is 1.67 bits per heavy atom. The molecule has 1 aliphatic carbocycles. The molecule has 0 aromatic heterocycles. The van der Waals surface area contributed by atoms with Gasteiger partial charge in [-0.2, -0.15) is 0 Å². The number of ether oxygens (including phenoxy) is 1. The highest BCUT2D eigenvalue weighted by Crippen LogP contribution is 2.26. The molecule has 2 unspecified atom stereocenters. The summed E-state index contributed by atoms with van der Waals surface area (Å²) in [6.45, 7) is 20.4. The smallest absolute Gasteiger partial charge is 0.323 e. The quantitative estimate of drug-likeness (QED) is 0.0963. The zero-order valence-electron chi connectivity index (χ0n) is 30.6. The number of likely N-dealkylation sites (N-methyl/N-ethyl adjacent to an activating group) is 1. The number of amides is 7. The van der Waals surface area contributed by atoms with Crippen molar-refractivity contribution in [2.45, 2.75) is 91.8 Å². The molecule has 14 nitrogen and oxygen atoms in total. The van der Waals surface area contributed by atoms with Gasteiger partial charge in [0, 0.05) is 52.6 Å². The van der Waals surface area contributed by atoms with Gasteiger partial charge < -0.3 is 30.9 Å². The lowest BCUT2D eigenvalue weighted by Crippen LogP contribution is -2.55. The van der Waals surface area contributed by atoms with Gasteiger partial charge in [0.15, 0.2) is 5.54 Å². The van der Waals surface area contributed by atoms with Crippen molar-refractivity contribution >= 4 is 35.6 Å². The minimum Gasteiger partial charge on any atom is -0.398 e. The van der Waals surface area contributed by atoms with Gasteiger partial charge in [0.1, 0.15) is 11.4 Å². The highest BCUT2D eigenvalue weighted by atomic mass is 16.5. The number of hydrogen-bond donors (Lipinski definition) is 5. The Labute approximate surface area is 290 Å². The van der Waals surface area contributed by atoms with Crippen molar-refractivity contribution in [3.8, 4) is 11.8 Å². The van der Waals surface area contributed by atoms with E-state index in [1.165, 1.54) is 24.3 Å². The Kier molecular flexibility index (Phi) is 16.5. The predicted octanol–water partition coefficient (Wildman–Crippen LogP) is 2.85. The molecule has 4 aliphatic rings. The fourth-order valence-corrected chi connectivity index (χ4v) is 4.93. The van der Waals surface area contributed by atoms with Gasteiger partial charge in [-0.1, -0.05) is 63.8 Å². The van der Waals surface area contributed by atoms with Crippen molar-refractivity contribution in [3.63, 3.8) is 0 Å². The largest absolute Gasteiger partial charge is 0.398 e. The number of urea groups is 2. The van der Waals surface area contributed by atoms with E-state index < -0.39 is 29.0 Å². The van der Waals surface area contributed by atoms with Crippen LogP contribution in [0.5, 0.6) is 0 Å². The second-order valence-electron chi connectivity index (χ2n) is 11.5. The zero-order valence-corrected chi connectivity index (χ0v) is 30.6. The summed E-state index contributed by atoms with van der Waals surface area (Å²) in [5, 5.41) is 9.56. The number of piperidine rings is 1. The van der Waals surface area contributed by atoms with Crippen molar-refractivity contribution in [2.75, 3.05) is 33.8 Å². The lowest BCUT2D eigenvalue weighted by atomic mass is 9.88. The Hall–Kier alpha value is -4.90. The Balaban J connectivity index is 0.000000531. The number of rotatable bonds is 5. The number of imide groups is 2. The maximum atomic E-state index is 12.0. The van der Waals surface area contributed by atoms with Crippen LogP contribution in [0.4, 0.5) is 9.59 Å². The van der Waals surface area contributed by atoms with Gasteiger partial charge in [0.05, 0.1) is 11.7 Å². The number of aliphatic imine (C=N–C) groups is 1. The number of methoxy groups -OCH3 is 1. The maximum absolute atomic E-state index is 12.0. The van der Waals surface area contributed by atoms with Gasteiger partial charge in [0.25, 0.3) is 11.8 Å². The summed E-state index contributed by atoms with van der Waals surface area (Å²) in [7, 11) is 3.54. The topological polar surface area (TPSA) is 188 Å². The van der Waals surface area contributed by atoms with Crippen LogP contribution in [0.15, 0.2) is 52.3 Å². The van der Waals surface area contributed by atoms with Crippen LogP contribution in [-0.4, -0.2) is 96.4 Å². The number of nitrogens with two attached hydrogens (primary N) is 1. The Morgan fingerprint density at radius 1 is 1.10 bits per heavy atom. The van der Waals surface area contributed by atoms with E-state index in [-0.39, 0.29) is 23.6 Å². The molecular weight excluding hydrogens is 628 g/mol. The summed E-state index contributed by atoms with van der Waals surface area (Å²) in [6, 6.07) is -1.08. The molecule has 1 spiro atoms. The fourth-order valence-electron chi connectivity index (χ4n) is 4.93. The average molecular weight is 683 g/mol. The highest BCUT2D eigenvalue weighted by Gasteiger charge is 2.48. The van der Waals surface area contributed by atoms with Crippen LogP contribution in [0.2, 0.25) is 0 Å². The molecule has 0 aromatic rings. The zero-order chi connectivity index (χ0) is 37.5. The Morgan fingerprint density at radius 3 is 2.12 bits per heavy atom. The minimum atomic E-state index is -1.36. The summed E-state index contributed by atoms with van der Waals surface area (Å²) >= 11 is 0. The lowest BCUT2D eigenvalue weighted by molar-refractivity contribution is -0.127. The molecule has 0 saturated carbocycles. The molecule has 0 bridgehead atoms. The molecule has 14 heteroatoms. The summed E-state index contributed by atoms with van der Waals surface area (Å²) in [6.07, 6.45) is 7.60. The van der Waals surface area contributed by atoms with E-state index in [1.54, 1.807) is 25.9 Å². The third-order valence-corrected chi connectivity index (χ3v) is 8.12. The van der Waals surface area contributed by atoms with Gasteiger partial charge >= 0.3 is 12.1 Å². The molecule has 6 N–H and O–H groups in total. The number of carbonyl (C=O) groups is 5. The number of likely N-dealkylation sites (tertiary alicyclic amines) is 1. The summed E-state index contributed by atoms with van der Waals surface area (Å²) < 4.78 is 5.26. The van der Waals surface area contributed by atoms with E-state index in [0.717, 1.165) is 6.42 Å². The predicted molar refractivity (Wildman–Crippen MR) is 191 cm³/mol. The third kappa shape index (κ3) is 11.6.